The molecule has 0 aromatic heterocycles. The quantitative estimate of drug-likeness (QED) is 0.330. The van der Waals surface area contributed by atoms with Gasteiger partial charge in [0.15, 0.2) is 17.3 Å². The third kappa shape index (κ3) is 8.70. The van der Waals surface area contributed by atoms with E-state index in [4.69, 9.17) is 11.5 Å². The first-order chi connectivity index (χ1) is 23.8. The number of hydrogen-bond acceptors (Lipinski definition) is 13. The zero-order valence-corrected chi connectivity index (χ0v) is 32.9. The van der Waals surface area contributed by atoms with Crippen LogP contribution < -0.4 is 16.8 Å². The number of carbonyl (C=O) groups is 8. The van der Waals surface area contributed by atoms with Crippen LogP contribution in [0.5, 0.6) is 0 Å². The Morgan fingerprint density at radius 2 is 0.922 bits per heavy atom. The summed E-state index contributed by atoms with van der Waals surface area (Å²) >= 11 is 4.83. The Kier molecular flexibility index (Phi) is 14.5. The van der Waals surface area contributed by atoms with Crippen LogP contribution in [0.2, 0.25) is 0 Å². The van der Waals surface area contributed by atoms with Gasteiger partial charge in [-0.3, -0.25) is 48.3 Å². The third-order valence-electron chi connectivity index (χ3n) is 8.69. The van der Waals surface area contributed by atoms with Crippen molar-refractivity contribution in [1.29, 1.82) is 0 Å². The molecule has 3 saturated heterocycles. The highest BCUT2D eigenvalue weighted by atomic mass is 32.2. The standard InChI is InChI=1S/C12H16N2O3S.2C9H12N2O2S.C4H8O/c1-4-8(16)13-9-11(17)14-10(7(3)15)6(2)5-18-12(9)14;2*1-4-3-14-9-6(10)8(13)11(9)7(4)5(2)12;1-3-4(2)5/h9,12H,4-5H2,1-3H3,(H,13,16);2*6,9H,3,10H2,1-2H3;3H2,1-2H3/t9?,12-;2*6-,9?;/m111./s1. The molecule has 51 heavy (non-hydrogen) atoms. The van der Waals surface area contributed by atoms with E-state index in [1.165, 1.54) is 35.5 Å². The Hall–Kier alpha value is -3.25. The molecular formula is C34H48N6O8S3. The molecule has 6 atom stereocenters. The lowest BCUT2D eigenvalue weighted by molar-refractivity contribution is -0.147. The van der Waals surface area contributed by atoms with Crippen molar-refractivity contribution in [2.45, 2.75) is 109 Å². The van der Waals surface area contributed by atoms with Crippen molar-refractivity contribution in [2.24, 2.45) is 11.5 Å². The highest BCUT2D eigenvalue weighted by Gasteiger charge is 2.53. The number of rotatable bonds is 6. The van der Waals surface area contributed by atoms with Crippen LogP contribution in [0.1, 0.15) is 75.2 Å². The van der Waals surface area contributed by atoms with E-state index < -0.39 is 18.1 Å². The average Bonchev–Trinajstić information content (AvgIpc) is 3.09. The van der Waals surface area contributed by atoms with Gasteiger partial charge in [-0.05, 0) is 44.4 Å². The van der Waals surface area contributed by atoms with E-state index in [1.807, 2.05) is 27.7 Å². The van der Waals surface area contributed by atoms with Gasteiger partial charge in [0.05, 0.1) is 17.1 Å². The zero-order chi connectivity index (χ0) is 38.6. The lowest BCUT2D eigenvalue weighted by Crippen LogP contribution is -2.70. The van der Waals surface area contributed by atoms with Gasteiger partial charge in [0, 0.05) is 50.9 Å². The van der Waals surface area contributed by atoms with Gasteiger partial charge in [-0.25, -0.2) is 0 Å². The highest BCUT2D eigenvalue weighted by molar-refractivity contribution is 8.00. The van der Waals surface area contributed by atoms with Crippen LogP contribution in [0.25, 0.3) is 0 Å². The summed E-state index contributed by atoms with van der Waals surface area (Å²) < 4.78 is 0. The van der Waals surface area contributed by atoms with E-state index in [0.717, 1.165) is 34.0 Å². The van der Waals surface area contributed by atoms with Crippen molar-refractivity contribution < 1.29 is 38.4 Å². The second-order valence-corrected chi connectivity index (χ2v) is 16.1. The minimum Gasteiger partial charge on any atom is -0.342 e. The number of β-lactam (4-membered cyclic amide) rings is 3. The lowest BCUT2D eigenvalue weighted by atomic mass is 10.0. The fourth-order valence-corrected chi connectivity index (χ4v) is 9.72. The number of nitrogens with two attached hydrogens (primary N) is 2. The lowest BCUT2D eigenvalue weighted by Gasteiger charge is -2.49. The van der Waals surface area contributed by atoms with Crippen LogP contribution >= 0.6 is 35.3 Å². The molecule has 0 saturated carbocycles. The second-order valence-electron chi connectivity index (χ2n) is 12.8. The molecule has 6 aliphatic heterocycles. The second kappa shape index (κ2) is 17.5. The molecule has 17 heteroatoms. The number of nitrogens with one attached hydrogen (secondary N) is 1. The predicted octanol–water partition coefficient (Wildman–Crippen LogP) is 1.83. The molecule has 6 heterocycles. The van der Waals surface area contributed by atoms with Crippen molar-refractivity contribution in [1.82, 2.24) is 20.0 Å². The van der Waals surface area contributed by atoms with Gasteiger partial charge in [0.1, 0.15) is 40.0 Å². The fraction of sp³-hybridized carbons (Fsp3) is 0.588. The molecule has 3 fully saturated rings. The predicted molar refractivity (Wildman–Crippen MR) is 199 cm³/mol. The number of nitrogens with zero attached hydrogens (tertiary/aromatic N) is 3. The minimum atomic E-state index is -0.482. The summed E-state index contributed by atoms with van der Waals surface area (Å²) in [5, 5.41) is 2.53. The van der Waals surface area contributed by atoms with Gasteiger partial charge in [-0.15, -0.1) is 35.3 Å². The number of hydrogen-bond donors (Lipinski definition) is 3. The Balaban J connectivity index is 0.000000195. The molecule has 0 aliphatic carbocycles. The third-order valence-corrected chi connectivity index (χ3v) is 13.0. The maximum Gasteiger partial charge on any atom is 0.253 e. The number of amides is 4. The molecule has 14 nitrogen and oxygen atoms in total. The minimum absolute atomic E-state index is 0.0231. The molecule has 0 bridgehead atoms. The molecule has 6 aliphatic rings. The zero-order valence-electron chi connectivity index (χ0n) is 30.5. The fourth-order valence-electron chi connectivity index (χ4n) is 5.95. The summed E-state index contributed by atoms with van der Waals surface area (Å²) in [6, 6.07) is -1.34. The van der Waals surface area contributed by atoms with Gasteiger partial charge in [-0.2, -0.15) is 0 Å². The van der Waals surface area contributed by atoms with Gasteiger partial charge in [0.2, 0.25) is 17.7 Å². The Morgan fingerprint density at radius 3 is 1.22 bits per heavy atom. The highest BCUT2D eigenvalue weighted by Crippen LogP contribution is 2.41. The van der Waals surface area contributed by atoms with Gasteiger partial charge < -0.3 is 21.6 Å². The Morgan fingerprint density at radius 1 is 0.608 bits per heavy atom. The van der Waals surface area contributed by atoms with E-state index in [-0.39, 0.29) is 62.9 Å². The number of fused-ring (bicyclic) bond motifs is 3. The van der Waals surface area contributed by atoms with E-state index in [2.05, 4.69) is 5.32 Å². The summed E-state index contributed by atoms with van der Waals surface area (Å²) in [6.07, 6.45) is 1.02. The normalized spacial score (nSPS) is 27.4. The van der Waals surface area contributed by atoms with Crippen LogP contribution in [0.15, 0.2) is 33.8 Å². The van der Waals surface area contributed by atoms with E-state index in [1.54, 1.807) is 49.1 Å². The van der Waals surface area contributed by atoms with Gasteiger partial charge >= 0.3 is 0 Å². The van der Waals surface area contributed by atoms with Gasteiger partial charge in [0.25, 0.3) is 5.91 Å². The number of ketones is 4. The SMILES string of the molecule is CC(=O)C1=C(C)CSC2[C@H](N)C(=O)N12.CC(=O)C1=C(C)CSC2[C@H](N)C(=O)N12.CCC(=O)NC1C(=O)N2C(C(C)=O)=C(C)CS[C@H]12.CCC(C)=O. The van der Waals surface area contributed by atoms with E-state index in [0.29, 0.717) is 29.9 Å². The largest absolute Gasteiger partial charge is 0.342 e. The summed E-state index contributed by atoms with van der Waals surface area (Å²) in [4.78, 5) is 95.0. The summed E-state index contributed by atoms with van der Waals surface area (Å²) in [5.41, 5.74) is 15.8. The molecule has 3 unspecified atom stereocenters. The summed E-state index contributed by atoms with van der Waals surface area (Å²) in [7, 11) is 0. The number of thioether (sulfide) groups is 3. The molecule has 0 spiro atoms. The van der Waals surface area contributed by atoms with Crippen molar-refractivity contribution in [2.75, 3.05) is 17.3 Å². The van der Waals surface area contributed by atoms with Crippen LogP contribution in [0, 0.1) is 0 Å². The van der Waals surface area contributed by atoms with Crippen molar-refractivity contribution in [3.63, 3.8) is 0 Å². The molecule has 280 valence electrons. The maximum absolute atomic E-state index is 12.0. The van der Waals surface area contributed by atoms with Crippen LogP contribution in [-0.4, -0.2) is 113 Å². The van der Waals surface area contributed by atoms with Crippen LogP contribution in [0.4, 0.5) is 0 Å². The van der Waals surface area contributed by atoms with Crippen LogP contribution in [0.3, 0.4) is 0 Å². The van der Waals surface area contributed by atoms with Crippen molar-refractivity contribution in [3.8, 4) is 0 Å². The molecule has 4 amide bonds. The molecule has 0 aromatic rings. The average molecular weight is 765 g/mol. The van der Waals surface area contributed by atoms with Crippen molar-refractivity contribution >= 4 is 82.0 Å². The Bertz CT molecular complexity index is 1560. The summed E-state index contributed by atoms with van der Waals surface area (Å²) in [6.45, 7) is 15.3. The van der Waals surface area contributed by atoms with Crippen LogP contribution in [-0.2, 0) is 38.4 Å². The van der Waals surface area contributed by atoms with E-state index in [9.17, 15) is 38.4 Å². The molecule has 6 rings (SSSR count). The number of carbonyl (C=O) groups excluding carboxylic acids is 8. The topological polar surface area (TPSA) is 210 Å². The van der Waals surface area contributed by atoms with Gasteiger partial charge in [-0.1, -0.05) is 13.8 Å². The van der Waals surface area contributed by atoms with E-state index >= 15 is 0 Å². The molecular weight excluding hydrogens is 717 g/mol. The smallest absolute Gasteiger partial charge is 0.253 e. The first-order valence-corrected chi connectivity index (χ1v) is 19.7. The monoisotopic (exact) mass is 764 g/mol. The van der Waals surface area contributed by atoms with Crippen molar-refractivity contribution in [3.05, 3.63) is 33.8 Å². The Labute approximate surface area is 311 Å². The summed E-state index contributed by atoms with van der Waals surface area (Å²) in [5.74, 6) is 1.79. The maximum atomic E-state index is 12.0. The first-order valence-electron chi connectivity index (χ1n) is 16.6. The molecule has 0 aromatic carbocycles. The first kappa shape index (κ1) is 42.2. The molecule has 0 radical (unpaired) electrons. The number of Topliss-reactive ketones (excluding diaryl/α,β-unsaturated/α-hetero) is 4. The molecule has 5 N–H and O–H groups in total. The number of allylic oxidation sites excluding steroid dienone is 3.